The minimum Gasteiger partial charge on any atom is -0.362 e. The molecule has 208 valence electrons. The average molecular weight is 559 g/mol. The predicted molar refractivity (Wildman–Crippen MR) is 148 cm³/mol. The topological polar surface area (TPSA) is 200 Å². The van der Waals surface area contributed by atoms with Crippen molar-refractivity contribution in [3.8, 4) is 0 Å². The molecule has 1 heterocycles. The maximum atomic E-state index is 13.6. The number of carbonyl (C=O) groups is 2. The summed E-state index contributed by atoms with van der Waals surface area (Å²) < 4.78 is 0. The molecule has 14 nitrogen and oxygen atoms in total. The van der Waals surface area contributed by atoms with Gasteiger partial charge in [-0.2, -0.15) is 0 Å². The zero-order valence-corrected chi connectivity index (χ0v) is 21.6. The minimum absolute atomic E-state index is 0.0864. The van der Waals surface area contributed by atoms with Gasteiger partial charge in [0.05, 0.1) is 14.8 Å². The van der Waals surface area contributed by atoms with E-state index in [0.29, 0.717) is 17.0 Å². The fourth-order valence-corrected chi connectivity index (χ4v) is 4.48. The van der Waals surface area contributed by atoms with Crippen molar-refractivity contribution in [2.75, 3.05) is 10.6 Å². The number of allylic oxidation sites excluding steroid dienone is 2. The molecule has 0 bridgehead atoms. The SMILES string of the molecule is CC1=C(C(=O)Nc2ccc([N+](=O)[O-])cc2)C(c2cccc([N+](=O)[O-])c2)C(C(=O)Nc2ccc([N+](=O)[O-])cc2)=C(C)N1. The lowest BCUT2D eigenvalue weighted by molar-refractivity contribution is -0.385. The van der Waals surface area contributed by atoms with Crippen LogP contribution in [0.2, 0.25) is 0 Å². The molecular weight excluding hydrogens is 536 g/mol. The van der Waals surface area contributed by atoms with Crippen LogP contribution in [0.1, 0.15) is 25.3 Å². The van der Waals surface area contributed by atoms with Gasteiger partial charge in [0, 0.05) is 76.2 Å². The first-order valence-corrected chi connectivity index (χ1v) is 12.0. The standard InChI is InChI=1S/C27H22N6O8/c1-15-23(26(34)29-18-6-10-20(11-7-18)31(36)37)25(17-4-3-5-22(14-17)33(40)41)24(16(2)28-15)27(35)30-19-8-12-21(13-9-19)32(38)39/h3-14,25,28H,1-2H3,(H,29,34)(H,30,35). The average Bonchev–Trinajstić information content (AvgIpc) is 2.93. The Morgan fingerprint density at radius 3 is 1.46 bits per heavy atom. The van der Waals surface area contributed by atoms with E-state index in [0.717, 1.165) is 0 Å². The zero-order chi connectivity index (χ0) is 29.8. The Labute approximate surface area is 231 Å². The zero-order valence-electron chi connectivity index (χ0n) is 21.6. The third kappa shape index (κ3) is 6.06. The number of nitrogens with zero attached hydrogens (tertiary/aromatic N) is 3. The summed E-state index contributed by atoms with van der Waals surface area (Å²) in [6.45, 7) is 3.23. The van der Waals surface area contributed by atoms with Crippen molar-refractivity contribution in [3.63, 3.8) is 0 Å². The molecule has 4 rings (SSSR count). The van der Waals surface area contributed by atoms with Gasteiger partial charge in [-0.1, -0.05) is 12.1 Å². The van der Waals surface area contributed by atoms with Crippen LogP contribution in [0.5, 0.6) is 0 Å². The minimum atomic E-state index is -1.06. The normalized spacial score (nSPS) is 13.3. The molecule has 41 heavy (non-hydrogen) atoms. The first-order valence-electron chi connectivity index (χ1n) is 12.0. The van der Waals surface area contributed by atoms with E-state index in [2.05, 4.69) is 16.0 Å². The first kappa shape index (κ1) is 28.1. The Kier molecular flexibility index (Phi) is 7.84. The highest BCUT2D eigenvalue weighted by Crippen LogP contribution is 2.40. The number of nitro benzene ring substituents is 3. The molecule has 0 atom stereocenters. The summed E-state index contributed by atoms with van der Waals surface area (Å²) in [5, 5.41) is 41.9. The summed E-state index contributed by atoms with van der Waals surface area (Å²) in [6.07, 6.45) is 0. The van der Waals surface area contributed by atoms with Crippen LogP contribution in [-0.2, 0) is 9.59 Å². The van der Waals surface area contributed by atoms with Crippen LogP contribution in [0.15, 0.2) is 95.3 Å². The highest BCUT2D eigenvalue weighted by Gasteiger charge is 2.37. The molecule has 0 saturated heterocycles. The molecule has 3 aromatic rings. The van der Waals surface area contributed by atoms with Gasteiger partial charge in [-0.05, 0) is 43.7 Å². The molecule has 0 unspecified atom stereocenters. The van der Waals surface area contributed by atoms with E-state index in [1.165, 1.54) is 66.7 Å². The van der Waals surface area contributed by atoms with Gasteiger partial charge in [-0.15, -0.1) is 0 Å². The molecule has 1 aliphatic heterocycles. The summed E-state index contributed by atoms with van der Waals surface area (Å²) in [6, 6.07) is 15.9. The van der Waals surface area contributed by atoms with E-state index in [1.807, 2.05) is 0 Å². The van der Waals surface area contributed by atoms with Gasteiger partial charge in [-0.3, -0.25) is 39.9 Å². The van der Waals surface area contributed by atoms with Crippen LogP contribution in [0.3, 0.4) is 0 Å². The maximum Gasteiger partial charge on any atom is 0.269 e. The van der Waals surface area contributed by atoms with Gasteiger partial charge in [0.15, 0.2) is 0 Å². The molecule has 0 aromatic heterocycles. The molecule has 0 saturated carbocycles. The van der Waals surface area contributed by atoms with Gasteiger partial charge in [0.2, 0.25) is 0 Å². The molecule has 0 radical (unpaired) electrons. The molecule has 1 aliphatic rings. The van der Waals surface area contributed by atoms with Gasteiger partial charge >= 0.3 is 0 Å². The fraction of sp³-hybridized carbons (Fsp3) is 0.111. The molecule has 0 spiro atoms. The van der Waals surface area contributed by atoms with Crippen molar-refractivity contribution in [1.82, 2.24) is 5.32 Å². The molecule has 0 aliphatic carbocycles. The number of nitro groups is 3. The van der Waals surface area contributed by atoms with E-state index >= 15 is 0 Å². The largest absolute Gasteiger partial charge is 0.362 e. The number of benzene rings is 3. The summed E-state index contributed by atoms with van der Waals surface area (Å²) >= 11 is 0. The molecule has 0 fully saturated rings. The third-order valence-corrected chi connectivity index (χ3v) is 6.34. The highest BCUT2D eigenvalue weighted by atomic mass is 16.6. The van der Waals surface area contributed by atoms with E-state index in [1.54, 1.807) is 19.9 Å². The van der Waals surface area contributed by atoms with E-state index in [9.17, 15) is 39.9 Å². The van der Waals surface area contributed by atoms with Gasteiger partial charge < -0.3 is 16.0 Å². The lowest BCUT2D eigenvalue weighted by Gasteiger charge is -2.31. The van der Waals surface area contributed by atoms with Crippen molar-refractivity contribution in [3.05, 3.63) is 131 Å². The number of dihydropyridines is 1. The lowest BCUT2D eigenvalue weighted by Crippen LogP contribution is -2.35. The number of anilines is 2. The Morgan fingerprint density at radius 2 is 1.07 bits per heavy atom. The van der Waals surface area contributed by atoms with Crippen LogP contribution < -0.4 is 16.0 Å². The Balaban J connectivity index is 1.75. The molecule has 14 heteroatoms. The second-order valence-electron chi connectivity index (χ2n) is 9.00. The smallest absolute Gasteiger partial charge is 0.269 e. The van der Waals surface area contributed by atoms with Crippen molar-refractivity contribution in [2.45, 2.75) is 19.8 Å². The monoisotopic (exact) mass is 558 g/mol. The number of hydrogen-bond acceptors (Lipinski definition) is 9. The van der Waals surface area contributed by atoms with Crippen LogP contribution in [0.4, 0.5) is 28.4 Å². The summed E-state index contributed by atoms with van der Waals surface area (Å²) in [5.74, 6) is -2.35. The Hall–Kier alpha value is -5.92. The van der Waals surface area contributed by atoms with Gasteiger partial charge in [0.25, 0.3) is 28.9 Å². The fourth-order valence-electron chi connectivity index (χ4n) is 4.48. The highest BCUT2D eigenvalue weighted by molar-refractivity contribution is 6.12. The van der Waals surface area contributed by atoms with E-state index < -0.39 is 32.5 Å². The molecule has 3 aromatic carbocycles. The molecule has 3 N–H and O–H groups in total. The molecule has 2 amide bonds. The van der Waals surface area contributed by atoms with Crippen molar-refractivity contribution in [1.29, 1.82) is 0 Å². The quantitative estimate of drug-likeness (QED) is 0.253. The second kappa shape index (κ2) is 11.4. The Bertz CT molecular complexity index is 1550. The summed E-state index contributed by atoms with van der Waals surface area (Å²) in [5.41, 5.74) is 1.14. The molecular formula is C27H22N6O8. The van der Waals surface area contributed by atoms with Crippen LogP contribution in [-0.4, -0.2) is 26.6 Å². The lowest BCUT2D eigenvalue weighted by atomic mass is 9.79. The van der Waals surface area contributed by atoms with Crippen LogP contribution in [0.25, 0.3) is 0 Å². The number of amides is 2. The number of rotatable bonds is 8. The van der Waals surface area contributed by atoms with Crippen molar-refractivity contribution >= 4 is 40.3 Å². The van der Waals surface area contributed by atoms with Gasteiger partial charge in [-0.25, -0.2) is 0 Å². The maximum absolute atomic E-state index is 13.6. The number of nitrogens with one attached hydrogen (secondary N) is 3. The number of carbonyl (C=O) groups excluding carboxylic acids is 2. The number of hydrogen-bond donors (Lipinski definition) is 3. The van der Waals surface area contributed by atoms with E-state index in [-0.39, 0.29) is 39.6 Å². The summed E-state index contributed by atoms with van der Waals surface area (Å²) in [7, 11) is 0. The second-order valence-corrected chi connectivity index (χ2v) is 9.00. The Morgan fingerprint density at radius 1 is 0.659 bits per heavy atom. The van der Waals surface area contributed by atoms with Crippen molar-refractivity contribution in [2.24, 2.45) is 0 Å². The third-order valence-electron chi connectivity index (χ3n) is 6.34. The van der Waals surface area contributed by atoms with Crippen LogP contribution >= 0.6 is 0 Å². The predicted octanol–water partition coefficient (Wildman–Crippen LogP) is 4.92. The summed E-state index contributed by atoms with van der Waals surface area (Å²) in [4.78, 5) is 59.1. The number of non-ortho nitro benzene ring substituents is 3. The van der Waals surface area contributed by atoms with Crippen molar-refractivity contribution < 1.29 is 24.4 Å². The van der Waals surface area contributed by atoms with Gasteiger partial charge in [0.1, 0.15) is 0 Å². The van der Waals surface area contributed by atoms with E-state index in [4.69, 9.17) is 0 Å². The first-order chi connectivity index (χ1) is 19.5. The van der Waals surface area contributed by atoms with Crippen LogP contribution in [0, 0.1) is 30.3 Å².